The largest absolute Gasteiger partial charge is 0.373 e. The van der Waals surface area contributed by atoms with Crippen molar-refractivity contribution in [1.29, 1.82) is 0 Å². The molecule has 3 fully saturated rings. The Kier molecular flexibility index (Phi) is 3.32. The lowest BCUT2D eigenvalue weighted by atomic mass is 9.81. The maximum atomic E-state index is 12.5. The van der Waals surface area contributed by atoms with Gasteiger partial charge in [0.05, 0.1) is 29.6 Å². The van der Waals surface area contributed by atoms with Crippen molar-refractivity contribution < 1.29 is 19.1 Å². The summed E-state index contributed by atoms with van der Waals surface area (Å²) >= 11 is 1.50. The molecule has 0 spiro atoms. The molecule has 2 bridgehead atoms. The summed E-state index contributed by atoms with van der Waals surface area (Å²) in [6.07, 6.45) is 2.03. The van der Waals surface area contributed by atoms with Crippen LogP contribution < -0.4 is 5.43 Å². The third-order valence-electron chi connectivity index (χ3n) is 5.20. The number of nitrogens with zero attached hydrogens (tertiary/aromatic N) is 1. The van der Waals surface area contributed by atoms with Crippen LogP contribution in [-0.4, -0.2) is 34.9 Å². The van der Waals surface area contributed by atoms with E-state index in [1.54, 1.807) is 5.38 Å². The second-order valence-electron chi connectivity index (χ2n) is 6.33. The zero-order valence-electron chi connectivity index (χ0n) is 13.0. The van der Waals surface area contributed by atoms with Crippen molar-refractivity contribution >= 4 is 29.1 Å². The minimum atomic E-state index is -0.420. The molecule has 1 aromatic heterocycles. The Labute approximate surface area is 137 Å². The Morgan fingerprint density at radius 1 is 1.30 bits per heavy atom. The van der Waals surface area contributed by atoms with Gasteiger partial charge in [-0.05, 0) is 31.7 Å². The van der Waals surface area contributed by atoms with E-state index in [4.69, 9.17) is 4.74 Å². The number of ether oxygens (including phenoxy) is 1. The molecule has 3 aliphatic rings. The van der Waals surface area contributed by atoms with E-state index in [1.165, 1.54) is 11.3 Å². The second kappa shape index (κ2) is 5.14. The molecule has 1 N–H and O–H groups in total. The highest BCUT2D eigenvalue weighted by Crippen LogP contribution is 2.48. The standard InChI is InChI=1S/C16H18N2O4S/c1-3-8-7(2)23-6-9(8)14(19)17-18-15(20)12-10-4-5-11(22-10)13(12)16(18)21/h6,10-13H,3-5H2,1-2H3,(H,17,19)/t10-,11-,12-,13+/m1/s1. The number of imide groups is 1. The van der Waals surface area contributed by atoms with Gasteiger partial charge in [0, 0.05) is 10.3 Å². The van der Waals surface area contributed by atoms with Crippen LogP contribution >= 0.6 is 11.3 Å². The van der Waals surface area contributed by atoms with Crippen LogP contribution in [0.5, 0.6) is 0 Å². The lowest BCUT2D eigenvalue weighted by molar-refractivity contribution is -0.145. The summed E-state index contributed by atoms with van der Waals surface area (Å²) in [5.41, 5.74) is 4.04. The van der Waals surface area contributed by atoms with Crippen LogP contribution in [0.4, 0.5) is 0 Å². The average molecular weight is 334 g/mol. The van der Waals surface area contributed by atoms with Crippen molar-refractivity contribution in [3.63, 3.8) is 0 Å². The fraction of sp³-hybridized carbons (Fsp3) is 0.562. The van der Waals surface area contributed by atoms with Crippen LogP contribution in [0.3, 0.4) is 0 Å². The molecule has 0 unspecified atom stereocenters. The van der Waals surface area contributed by atoms with Gasteiger partial charge >= 0.3 is 0 Å². The average Bonchev–Trinajstić information content (AvgIpc) is 3.27. The third kappa shape index (κ3) is 1.99. The molecule has 7 heteroatoms. The van der Waals surface area contributed by atoms with Crippen LogP contribution in [0.1, 0.15) is 40.6 Å². The maximum Gasteiger partial charge on any atom is 0.271 e. The van der Waals surface area contributed by atoms with Gasteiger partial charge in [-0.2, -0.15) is 5.01 Å². The van der Waals surface area contributed by atoms with Crippen LogP contribution in [0.25, 0.3) is 0 Å². The monoisotopic (exact) mass is 334 g/mol. The highest BCUT2D eigenvalue weighted by molar-refractivity contribution is 7.10. The number of rotatable bonds is 3. The Balaban J connectivity index is 1.56. The molecule has 4 heterocycles. The predicted octanol–water partition coefficient (Wildman–Crippen LogP) is 1.43. The molecule has 3 amide bonds. The summed E-state index contributed by atoms with van der Waals surface area (Å²) in [5.74, 6) is -1.88. The summed E-state index contributed by atoms with van der Waals surface area (Å²) in [6.45, 7) is 3.95. The van der Waals surface area contributed by atoms with Crippen LogP contribution in [0.15, 0.2) is 5.38 Å². The number of aryl methyl sites for hydroxylation is 1. The fourth-order valence-electron chi connectivity index (χ4n) is 4.09. The van der Waals surface area contributed by atoms with E-state index < -0.39 is 11.8 Å². The van der Waals surface area contributed by atoms with Crippen molar-refractivity contribution in [1.82, 2.24) is 10.4 Å². The van der Waals surface area contributed by atoms with Gasteiger partial charge in [-0.3, -0.25) is 19.8 Å². The van der Waals surface area contributed by atoms with Crippen molar-refractivity contribution in [2.45, 2.75) is 45.3 Å². The predicted molar refractivity (Wildman–Crippen MR) is 82.6 cm³/mol. The maximum absolute atomic E-state index is 12.5. The molecule has 6 nitrogen and oxygen atoms in total. The Morgan fingerprint density at radius 3 is 2.48 bits per heavy atom. The number of amides is 3. The number of hydrogen-bond acceptors (Lipinski definition) is 5. The van der Waals surface area contributed by atoms with E-state index in [1.807, 2.05) is 13.8 Å². The molecule has 0 aromatic carbocycles. The topological polar surface area (TPSA) is 75.7 Å². The van der Waals surface area contributed by atoms with Crippen molar-refractivity contribution in [3.8, 4) is 0 Å². The normalized spacial score (nSPS) is 31.8. The first-order valence-electron chi connectivity index (χ1n) is 7.94. The van der Waals surface area contributed by atoms with Crippen LogP contribution in [0, 0.1) is 18.8 Å². The van der Waals surface area contributed by atoms with Gasteiger partial charge < -0.3 is 4.74 Å². The van der Waals surface area contributed by atoms with Crippen molar-refractivity contribution in [2.24, 2.45) is 11.8 Å². The molecule has 1 aromatic rings. The number of carbonyl (C=O) groups is 3. The molecular weight excluding hydrogens is 316 g/mol. The summed E-state index contributed by atoms with van der Waals surface area (Å²) in [7, 11) is 0. The number of hydrogen-bond donors (Lipinski definition) is 1. The number of fused-ring (bicyclic) bond motifs is 5. The Bertz CT molecular complexity index is 685. The van der Waals surface area contributed by atoms with Gasteiger partial charge in [0.2, 0.25) is 0 Å². The smallest absolute Gasteiger partial charge is 0.271 e. The van der Waals surface area contributed by atoms with E-state index in [0.717, 1.165) is 34.7 Å². The molecule has 23 heavy (non-hydrogen) atoms. The second-order valence-corrected chi connectivity index (χ2v) is 7.42. The first-order chi connectivity index (χ1) is 11.0. The van der Waals surface area contributed by atoms with Gasteiger partial charge in [0.15, 0.2) is 0 Å². The zero-order chi connectivity index (χ0) is 16.3. The van der Waals surface area contributed by atoms with E-state index >= 15 is 0 Å². The quantitative estimate of drug-likeness (QED) is 0.849. The lowest BCUT2D eigenvalue weighted by Gasteiger charge is -2.18. The SMILES string of the molecule is CCc1c(C(=O)NN2C(=O)[C@@H]3[C@H](C2=O)[C@H]2CC[C@H]3O2)csc1C. The Hall–Kier alpha value is -1.73. The van der Waals surface area contributed by atoms with E-state index in [-0.39, 0.29) is 29.9 Å². The van der Waals surface area contributed by atoms with Crippen molar-refractivity contribution in [3.05, 3.63) is 21.4 Å². The zero-order valence-corrected chi connectivity index (χ0v) is 13.8. The number of carbonyl (C=O) groups excluding carboxylic acids is 3. The highest BCUT2D eigenvalue weighted by Gasteiger charge is 2.62. The molecule has 0 radical (unpaired) electrons. The number of nitrogens with one attached hydrogen (secondary N) is 1. The molecule has 3 saturated heterocycles. The summed E-state index contributed by atoms with van der Waals surface area (Å²) < 4.78 is 5.68. The van der Waals surface area contributed by atoms with Gasteiger partial charge in [0.25, 0.3) is 17.7 Å². The first-order valence-corrected chi connectivity index (χ1v) is 8.82. The first kappa shape index (κ1) is 14.8. The van der Waals surface area contributed by atoms with E-state index in [0.29, 0.717) is 5.56 Å². The molecule has 4 atom stereocenters. The molecule has 3 aliphatic heterocycles. The van der Waals surface area contributed by atoms with Gasteiger partial charge in [-0.1, -0.05) is 6.92 Å². The van der Waals surface area contributed by atoms with Crippen LogP contribution in [-0.2, 0) is 20.7 Å². The lowest BCUT2D eigenvalue weighted by Crippen LogP contribution is -2.48. The number of thiophene rings is 1. The number of hydrazine groups is 1. The molecule has 0 saturated carbocycles. The minimum Gasteiger partial charge on any atom is -0.373 e. The van der Waals surface area contributed by atoms with Crippen LogP contribution in [0.2, 0.25) is 0 Å². The Morgan fingerprint density at radius 2 is 1.91 bits per heavy atom. The minimum absolute atomic E-state index is 0.169. The molecule has 4 rings (SSSR count). The van der Waals surface area contributed by atoms with Gasteiger partial charge in [-0.25, -0.2) is 0 Å². The molecule has 0 aliphatic carbocycles. The summed E-state index contributed by atoms with van der Waals surface area (Å²) in [4.78, 5) is 38.6. The van der Waals surface area contributed by atoms with Gasteiger partial charge in [-0.15, -0.1) is 11.3 Å². The summed E-state index contributed by atoms with van der Waals surface area (Å²) in [5, 5.41) is 2.71. The van der Waals surface area contributed by atoms with E-state index in [9.17, 15) is 14.4 Å². The third-order valence-corrected chi connectivity index (χ3v) is 6.15. The molecule has 122 valence electrons. The van der Waals surface area contributed by atoms with E-state index in [2.05, 4.69) is 5.43 Å². The van der Waals surface area contributed by atoms with Crippen molar-refractivity contribution in [2.75, 3.05) is 0 Å². The fourth-order valence-corrected chi connectivity index (χ4v) is 5.03. The van der Waals surface area contributed by atoms with Gasteiger partial charge in [0.1, 0.15) is 0 Å². The highest BCUT2D eigenvalue weighted by atomic mass is 32.1. The summed E-state index contributed by atoms with van der Waals surface area (Å²) in [6, 6.07) is 0. The molecular formula is C16H18N2O4S.